The maximum atomic E-state index is 13.1. The van der Waals surface area contributed by atoms with Crippen LogP contribution >= 0.6 is 0 Å². The number of hydrogen-bond acceptors (Lipinski definition) is 2. The van der Waals surface area contributed by atoms with E-state index in [2.05, 4.69) is 10.3 Å². The fourth-order valence-electron chi connectivity index (χ4n) is 2.43. The van der Waals surface area contributed by atoms with Crippen LogP contribution in [0.15, 0.2) is 66.9 Å². The van der Waals surface area contributed by atoms with Crippen molar-refractivity contribution in [3.63, 3.8) is 0 Å². The molecule has 1 heterocycles. The van der Waals surface area contributed by atoms with Gasteiger partial charge in [0.25, 0.3) is 5.91 Å². The van der Waals surface area contributed by atoms with Crippen molar-refractivity contribution in [2.45, 2.75) is 13.5 Å². The van der Waals surface area contributed by atoms with E-state index in [1.54, 1.807) is 30.5 Å². The number of benzene rings is 2. The van der Waals surface area contributed by atoms with Gasteiger partial charge in [-0.1, -0.05) is 23.8 Å². The Morgan fingerprint density at radius 3 is 2.46 bits per heavy atom. The Bertz CT molecular complexity index is 842. The smallest absolute Gasteiger partial charge is 0.251 e. The van der Waals surface area contributed by atoms with Gasteiger partial charge in [-0.2, -0.15) is 0 Å². The number of carbonyl (C=O) groups excluding carboxylic acids is 1. The quantitative estimate of drug-likeness (QED) is 0.785. The van der Waals surface area contributed by atoms with Crippen LogP contribution < -0.4 is 5.32 Å². The highest BCUT2D eigenvalue weighted by atomic mass is 19.1. The van der Waals surface area contributed by atoms with Gasteiger partial charge >= 0.3 is 0 Å². The van der Waals surface area contributed by atoms with E-state index in [0.717, 1.165) is 22.4 Å². The second-order valence-corrected chi connectivity index (χ2v) is 5.57. The fraction of sp³-hybridized carbons (Fsp3) is 0.100. The molecule has 0 fully saturated rings. The van der Waals surface area contributed by atoms with E-state index in [4.69, 9.17) is 0 Å². The molecular weight excluding hydrogens is 303 g/mol. The molecule has 0 spiro atoms. The summed E-state index contributed by atoms with van der Waals surface area (Å²) in [6.45, 7) is 2.33. The van der Waals surface area contributed by atoms with Crippen molar-refractivity contribution in [1.82, 2.24) is 10.3 Å². The normalized spacial score (nSPS) is 10.4. The number of rotatable bonds is 4. The molecule has 0 saturated heterocycles. The van der Waals surface area contributed by atoms with Crippen LogP contribution in [0.3, 0.4) is 0 Å². The monoisotopic (exact) mass is 320 g/mol. The largest absolute Gasteiger partial charge is 0.348 e. The van der Waals surface area contributed by atoms with Gasteiger partial charge in [0.15, 0.2) is 0 Å². The van der Waals surface area contributed by atoms with Crippen molar-refractivity contribution < 1.29 is 9.18 Å². The van der Waals surface area contributed by atoms with Crippen LogP contribution in [0.25, 0.3) is 11.3 Å². The maximum Gasteiger partial charge on any atom is 0.251 e. The topological polar surface area (TPSA) is 42.0 Å². The van der Waals surface area contributed by atoms with Gasteiger partial charge in [-0.3, -0.25) is 9.78 Å². The summed E-state index contributed by atoms with van der Waals surface area (Å²) in [5, 5.41) is 2.90. The number of amides is 1. The molecule has 1 N–H and O–H groups in total. The number of pyridine rings is 1. The number of nitrogens with one attached hydrogen (secondary N) is 1. The van der Waals surface area contributed by atoms with Gasteiger partial charge in [0.05, 0.1) is 5.69 Å². The zero-order valence-corrected chi connectivity index (χ0v) is 13.3. The Hall–Kier alpha value is -3.01. The summed E-state index contributed by atoms with van der Waals surface area (Å²) in [4.78, 5) is 16.6. The van der Waals surface area contributed by atoms with Gasteiger partial charge in [-0.15, -0.1) is 0 Å². The molecule has 3 aromatic rings. The Balaban J connectivity index is 1.77. The molecule has 2 aromatic carbocycles. The van der Waals surface area contributed by atoms with E-state index >= 15 is 0 Å². The number of aryl methyl sites for hydroxylation is 1. The molecule has 0 aliphatic heterocycles. The van der Waals surface area contributed by atoms with Crippen LogP contribution in [0.2, 0.25) is 0 Å². The van der Waals surface area contributed by atoms with E-state index in [0.29, 0.717) is 12.1 Å². The van der Waals surface area contributed by atoms with Gasteiger partial charge in [0, 0.05) is 23.9 Å². The Morgan fingerprint density at radius 2 is 1.75 bits per heavy atom. The molecule has 0 aliphatic carbocycles. The predicted molar refractivity (Wildman–Crippen MR) is 92.0 cm³/mol. The van der Waals surface area contributed by atoms with Gasteiger partial charge in [-0.25, -0.2) is 4.39 Å². The number of hydrogen-bond donors (Lipinski definition) is 1. The van der Waals surface area contributed by atoms with Gasteiger partial charge in [-0.05, 0) is 55.0 Å². The van der Waals surface area contributed by atoms with Crippen molar-refractivity contribution in [1.29, 1.82) is 0 Å². The third kappa shape index (κ3) is 3.66. The Morgan fingerprint density at radius 1 is 1.04 bits per heavy atom. The minimum absolute atomic E-state index is 0.135. The average molecular weight is 320 g/mol. The zero-order chi connectivity index (χ0) is 16.9. The van der Waals surface area contributed by atoms with E-state index in [9.17, 15) is 9.18 Å². The third-order valence-electron chi connectivity index (χ3n) is 3.76. The predicted octanol–water partition coefficient (Wildman–Crippen LogP) is 4.13. The van der Waals surface area contributed by atoms with Gasteiger partial charge in [0.1, 0.15) is 5.82 Å². The first-order valence-corrected chi connectivity index (χ1v) is 7.68. The molecule has 0 radical (unpaired) electrons. The molecule has 1 amide bonds. The number of halogens is 1. The molecule has 3 nitrogen and oxygen atoms in total. The minimum Gasteiger partial charge on any atom is -0.348 e. The molecule has 0 atom stereocenters. The highest BCUT2D eigenvalue weighted by Crippen LogP contribution is 2.21. The molecule has 0 bridgehead atoms. The van der Waals surface area contributed by atoms with Crippen molar-refractivity contribution in [3.8, 4) is 11.3 Å². The summed E-state index contributed by atoms with van der Waals surface area (Å²) in [5.41, 5.74) is 4.16. The molecule has 3 rings (SSSR count). The highest BCUT2D eigenvalue weighted by molar-refractivity contribution is 5.94. The number of aromatic nitrogens is 1. The van der Waals surface area contributed by atoms with Crippen LogP contribution in [-0.4, -0.2) is 10.9 Å². The van der Waals surface area contributed by atoms with Gasteiger partial charge < -0.3 is 5.32 Å². The fourth-order valence-corrected chi connectivity index (χ4v) is 2.43. The lowest BCUT2D eigenvalue weighted by molar-refractivity contribution is 0.0951. The first-order chi connectivity index (χ1) is 11.6. The lowest BCUT2D eigenvalue weighted by atomic mass is 10.1. The maximum absolute atomic E-state index is 13.1. The molecule has 0 aliphatic rings. The average Bonchev–Trinajstić information content (AvgIpc) is 2.61. The van der Waals surface area contributed by atoms with Crippen LogP contribution in [0.4, 0.5) is 4.39 Å². The van der Waals surface area contributed by atoms with Crippen molar-refractivity contribution in [3.05, 3.63) is 89.4 Å². The second kappa shape index (κ2) is 7.04. The third-order valence-corrected chi connectivity index (χ3v) is 3.76. The van der Waals surface area contributed by atoms with Crippen LogP contribution in [0.5, 0.6) is 0 Å². The summed E-state index contributed by atoms with van der Waals surface area (Å²) >= 11 is 0. The summed E-state index contributed by atoms with van der Waals surface area (Å²) in [6, 6.07) is 17.3. The summed E-state index contributed by atoms with van der Waals surface area (Å²) < 4.78 is 13.1. The Labute approximate surface area is 140 Å². The van der Waals surface area contributed by atoms with E-state index in [-0.39, 0.29) is 11.7 Å². The van der Waals surface area contributed by atoms with Crippen molar-refractivity contribution in [2.24, 2.45) is 0 Å². The van der Waals surface area contributed by atoms with E-state index < -0.39 is 0 Å². The molecule has 0 saturated carbocycles. The van der Waals surface area contributed by atoms with Crippen LogP contribution in [-0.2, 0) is 6.54 Å². The highest BCUT2D eigenvalue weighted by Gasteiger charge is 2.09. The van der Waals surface area contributed by atoms with Crippen molar-refractivity contribution in [2.75, 3.05) is 0 Å². The number of nitrogens with zero attached hydrogens (tertiary/aromatic N) is 1. The molecule has 0 unspecified atom stereocenters. The lowest BCUT2D eigenvalue weighted by Crippen LogP contribution is -2.23. The van der Waals surface area contributed by atoms with Crippen LogP contribution in [0, 0.1) is 12.7 Å². The zero-order valence-electron chi connectivity index (χ0n) is 13.3. The lowest BCUT2D eigenvalue weighted by Gasteiger charge is -2.10. The standard InChI is InChI=1S/C20H17FN2O/c1-14-4-6-16(7-5-14)20(24)23-13-17-3-2-12-22-19(17)15-8-10-18(21)11-9-15/h2-12H,13H2,1H3,(H,23,24). The SMILES string of the molecule is Cc1ccc(C(=O)NCc2cccnc2-c2ccc(F)cc2)cc1. The first kappa shape index (κ1) is 15.9. The summed E-state index contributed by atoms with van der Waals surface area (Å²) in [5.74, 6) is -0.423. The summed E-state index contributed by atoms with van der Waals surface area (Å²) in [7, 11) is 0. The molecular formula is C20H17FN2O. The van der Waals surface area contributed by atoms with E-state index in [1.807, 2.05) is 31.2 Å². The minimum atomic E-state index is -0.288. The molecule has 120 valence electrons. The summed E-state index contributed by atoms with van der Waals surface area (Å²) in [6.07, 6.45) is 1.68. The Kier molecular flexibility index (Phi) is 4.66. The van der Waals surface area contributed by atoms with Crippen molar-refractivity contribution >= 4 is 5.91 Å². The first-order valence-electron chi connectivity index (χ1n) is 7.68. The molecule has 24 heavy (non-hydrogen) atoms. The van der Waals surface area contributed by atoms with E-state index in [1.165, 1.54) is 12.1 Å². The molecule has 4 heteroatoms. The van der Waals surface area contributed by atoms with Crippen LogP contribution in [0.1, 0.15) is 21.5 Å². The second-order valence-electron chi connectivity index (χ2n) is 5.57. The van der Waals surface area contributed by atoms with Gasteiger partial charge in [0.2, 0.25) is 0 Å². The molecule has 1 aromatic heterocycles. The number of carbonyl (C=O) groups is 1.